The maximum atomic E-state index is 14.0. The summed E-state index contributed by atoms with van der Waals surface area (Å²) in [6.07, 6.45) is 0.734. The van der Waals surface area contributed by atoms with Crippen molar-refractivity contribution in [3.05, 3.63) is 58.9 Å². The van der Waals surface area contributed by atoms with Crippen molar-refractivity contribution in [1.82, 2.24) is 0 Å². The van der Waals surface area contributed by atoms with E-state index in [1.54, 1.807) is 12.1 Å². The lowest BCUT2D eigenvalue weighted by molar-refractivity contribution is 0.625. The van der Waals surface area contributed by atoms with Crippen LogP contribution in [0.3, 0.4) is 0 Å². The minimum Gasteiger partial charge on any atom is -0.339 e. The van der Waals surface area contributed by atoms with Crippen molar-refractivity contribution in [2.75, 3.05) is 18.0 Å². The number of rotatable bonds is 5. The summed E-state index contributed by atoms with van der Waals surface area (Å²) in [6.45, 7) is 3.18. The van der Waals surface area contributed by atoms with Gasteiger partial charge in [-0.2, -0.15) is 0 Å². The molecule has 0 spiro atoms. The summed E-state index contributed by atoms with van der Waals surface area (Å²) in [4.78, 5) is 1.92. The zero-order valence-corrected chi connectivity index (χ0v) is 12.2. The van der Waals surface area contributed by atoms with Crippen LogP contribution in [0, 0.1) is 5.82 Å². The van der Waals surface area contributed by atoms with Crippen LogP contribution in [0.15, 0.2) is 42.5 Å². The zero-order chi connectivity index (χ0) is 14.5. The molecule has 0 amide bonds. The number of halogens is 2. The molecule has 4 heteroatoms. The summed E-state index contributed by atoms with van der Waals surface area (Å²) in [5.74, 6) is -0.243. The van der Waals surface area contributed by atoms with Crippen LogP contribution in [0.4, 0.5) is 15.8 Å². The van der Waals surface area contributed by atoms with Gasteiger partial charge in [-0.05, 0) is 49.7 Å². The van der Waals surface area contributed by atoms with E-state index in [-0.39, 0.29) is 5.82 Å². The standard InChI is InChI=1S/C16H18ClFN2/c1-2-20(15-6-4-3-5-14(15)18)16-11-13(17)8-7-12(16)9-10-19/h3-8,11H,2,9-10,19H2,1H3. The van der Waals surface area contributed by atoms with Crippen LogP contribution in [0.5, 0.6) is 0 Å². The Hall–Kier alpha value is -1.58. The molecule has 106 valence electrons. The number of nitrogens with two attached hydrogens (primary N) is 1. The fourth-order valence-corrected chi connectivity index (χ4v) is 2.46. The van der Waals surface area contributed by atoms with E-state index in [0.29, 0.717) is 23.8 Å². The minimum atomic E-state index is -0.243. The molecule has 0 aromatic heterocycles. The highest BCUT2D eigenvalue weighted by Gasteiger charge is 2.15. The van der Waals surface area contributed by atoms with Crippen molar-refractivity contribution in [2.45, 2.75) is 13.3 Å². The molecule has 0 heterocycles. The van der Waals surface area contributed by atoms with Crippen LogP contribution >= 0.6 is 11.6 Å². The summed E-state index contributed by atoms with van der Waals surface area (Å²) in [6, 6.07) is 12.4. The second-order valence-corrected chi connectivity index (χ2v) is 4.94. The van der Waals surface area contributed by atoms with Gasteiger partial charge in [0.05, 0.1) is 5.69 Å². The monoisotopic (exact) mass is 292 g/mol. The molecule has 0 bridgehead atoms. The zero-order valence-electron chi connectivity index (χ0n) is 11.4. The maximum absolute atomic E-state index is 14.0. The molecule has 0 atom stereocenters. The first kappa shape index (κ1) is 14.8. The van der Waals surface area contributed by atoms with Crippen LogP contribution < -0.4 is 10.6 Å². The minimum absolute atomic E-state index is 0.243. The molecule has 0 unspecified atom stereocenters. The van der Waals surface area contributed by atoms with Gasteiger partial charge in [0.15, 0.2) is 0 Å². The Balaban J connectivity index is 2.51. The van der Waals surface area contributed by atoms with E-state index in [1.807, 2.05) is 36.1 Å². The van der Waals surface area contributed by atoms with Crippen LogP contribution in [0.25, 0.3) is 0 Å². The van der Waals surface area contributed by atoms with Crippen LogP contribution in [-0.4, -0.2) is 13.1 Å². The summed E-state index contributed by atoms with van der Waals surface area (Å²) < 4.78 is 14.0. The molecule has 0 radical (unpaired) electrons. The smallest absolute Gasteiger partial charge is 0.146 e. The predicted molar refractivity (Wildman–Crippen MR) is 83.3 cm³/mol. The Morgan fingerprint density at radius 3 is 2.55 bits per heavy atom. The molecule has 2 nitrogen and oxygen atoms in total. The number of para-hydroxylation sites is 1. The van der Waals surface area contributed by atoms with Gasteiger partial charge >= 0.3 is 0 Å². The first-order chi connectivity index (χ1) is 9.67. The molecule has 0 saturated carbocycles. The van der Waals surface area contributed by atoms with Crippen molar-refractivity contribution in [3.8, 4) is 0 Å². The average molecular weight is 293 g/mol. The first-order valence-corrected chi connectivity index (χ1v) is 7.05. The number of anilines is 2. The van der Waals surface area contributed by atoms with Crippen molar-refractivity contribution in [1.29, 1.82) is 0 Å². The van der Waals surface area contributed by atoms with Gasteiger partial charge in [0.2, 0.25) is 0 Å². The molecular formula is C16H18ClFN2. The molecule has 2 rings (SSSR count). The van der Waals surface area contributed by atoms with Gasteiger partial charge < -0.3 is 10.6 Å². The average Bonchev–Trinajstić information content (AvgIpc) is 2.44. The lowest BCUT2D eigenvalue weighted by atomic mass is 10.1. The van der Waals surface area contributed by atoms with Crippen LogP contribution in [0.1, 0.15) is 12.5 Å². The highest BCUT2D eigenvalue weighted by atomic mass is 35.5. The molecule has 0 aliphatic heterocycles. The Morgan fingerprint density at radius 1 is 1.15 bits per heavy atom. The van der Waals surface area contributed by atoms with E-state index in [4.69, 9.17) is 17.3 Å². The van der Waals surface area contributed by atoms with E-state index in [1.165, 1.54) is 6.07 Å². The van der Waals surface area contributed by atoms with Crippen LogP contribution in [0.2, 0.25) is 5.02 Å². The topological polar surface area (TPSA) is 29.3 Å². The highest BCUT2D eigenvalue weighted by Crippen LogP contribution is 2.32. The summed E-state index contributed by atoms with van der Waals surface area (Å²) in [7, 11) is 0. The number of hydrogen-bond donors (Lipinski definition) is 1. The van der Waals surface area contributed by atoms with Crippen molar-refractivity contribution < 1.29 is 4.39 Å². The largest absolute Gasteiger partial charge is 0.339 e. The summed E-state index contributed by atoms with van der Waals surface area (Å²) >= 11 is 6.09. The molecule has 2 aromatic rings. The van der Waals surface area contributed by atoms with Gasteiger partial charge in [-0.25, -0.2) is 4.39 Å². The van der Waals surface area contributed by atoms with Gasteiger partial charge in [0.1, 0.15) is 5.82 Å². The van der Waals surface area contributed by atoms with Gasteiger partial charge in [0.25, 0.3) is 0 Å². The molecule has 0 fully saturated rings. The van der Waals surface area contributed by atoms with E-state index in [9.17, 15) is 4.39 Å². The van der Waals surface area contributed by atoms with Crippen LogP contribution in [-0.2, 0) is 6.42 Å². The molecule has 0 aliphatic carbocycles. The van der Waals surface area contributed by atoms with E-state index in [0.717, 1.165) is 17.7 Å². The number of hydrogen-bond acceptors (Lipinski definition) is 2. The first-order valence-electron chi connectivity index (χ1n) is 6.68. The Morgan fingerprint density at radius 2 is 1.90 bits per heavy atom. The lowest BCUT2D eigenvalue weighted by Crippen LogP contribution is -2.19. The molecule has 2 N–H and O–H groups in total. The second kappa shape index (κ2) is 6.73. The summed E-state index contributed by atoms with van der Waals surface area (Å²) in [5.41, 5.74) is 8.19. The third-order valence-electron chi connectivity index (χ3n) is 3.21. The lowest BCUT2D eigenvalue weighted by Gasteiger charge is -2.26. The third kappa shape index (κ3) is 3.11. The second-order valence-electron chi connectivity index (χ2n) is 4.51. The van der Waals surface area contributed by atoms with E-state index < -0.39 is 0 Å². The Bertz CT molecular complexity index is 586. The van der Waals surface area contributed by atoms with E-state index in [2.05, 4.69) is 0 Å². The molecule has 0 saturated heterocycles. The third-order valence-corrected chi connectivity index (χ3v) is 3.45. The normalized spacial score (nSPS) is 10.6. The molecule has 0 aliphatic rings. The van der Waals surface area contributed by atoms with Crippen molar-refractivity contribution in [2.24, 2.45) is 5.73 Å². The van der Waals surface area contributed by atoms with Gasteiger partial charge in [-0.1, -0.05) is 29.8 Å². The Labute approximate surface area is 124 Å². The maximum Gasteiger partial charge on any atom is 0.146 e. The van der Waals surface area contributed by atoms with Gasteiger partial charge in [0, 0.05) is 17.3 Å². The fourth-order valence-electron chi connectivity index (χ4n) is 2.30. The number of nitrogens with zero attached hydrogens (tertiary/aromatic N) is 1. The fraction of sp³-hybridized carbons (Fsp3) is 0.250. The highest BCUT2D eigenvalue weighted by molar-refractivity contribution is 6.30. The SMILES string of the molecule is CCN(c1ccccc1F)c1cc(Cl)ccc1CCN. The quantitative estimate of drug-likeness (QED) is 0.897. The molecular weight excluding hydrogens is 275 g/mol. The van der Waals surface area contributed by atoms with Crippen molar-refractivity contribution >= 4 is 23.0 Å². The number of benzene rings is 2. The Kier molecular flexibility index (Phi) is 4.99. The molecule has 2 aromatic carbocycles. The van der Waals surface area contributed by atoms with E-state index >= 15 is 0 Å². The van der Waals surface area contributed by atoms with Gasteiger partial charge in [-0.15, -0.1) is 0 Å². The predicted octanol–water partition coefficient (Wildman–Crippen LogP) is 4.14. The van der Waals surface area contributed by atoms with Crippen molar-refractivity contribution in [3.63, 3.8) is 0 Å². The van der Waals surface area contributed by atoms with Gasteiger partial charge in [-0.3, -0.25) is 0 Å². The summed E-state index contributed by atoms with van der Waals surface area (Å²) in [5, 5.41) is 0.635. The molecule has 20 heavy (non-hydrogen) atoms.